The van der Waals surface area contributed by atoms with Crippen LogP contribution in [0.15, 0.2) is 74.8 Å². The molecule has 1 aliphatic heterocycles. The summed E-state index contributed by atoms with van der Waals surface area (Å²) in [5, 5.41) is 0.608. The Bertz CT molecular complexity index is 1310. The van der Waals surface area contributed by atoms with Gasteiger partial charge in [-0.2, -0.15) is 0 Å². The number of anilines is 1. The highest BCUT2D eigenvalue weighted by Gasteiger charge is 2.21. The average Bonchev–Trinajstić information content (AvgIpc) is 2.64. The Morgan fingerprint density at radius 1 is 0.963 bits per heavy atom. The first kappa shape index (κ1) is 17.2. The molecule has 0 saturated carbocycles. The number of rotatable bonds is 3. The summed E-state index contributed by atoms with van der Waals surface area (Å²) in [6, 6.07) is 15.5. The Kier molecular flexibility index (Phi) is 3.96. The Balaban J connectivity index is 2.21. The fraction of sp³-hybridized carbons (Fsp3) is 0. The number of hydrogen-bond acceptors (Lipinski definition) is 6. The summed E-state index contributed by atoms with van der Waals surface area (Å²) in [6.45, 7) is 0. The highest BCUT2D eigenvalue weighted by Crippen LogP contribution is 2.42. The predicted molar refractivity (Wildman–Crippen MR) is 99.0 cm³/mol. The number of hydrogen-bond donors (Lipinski definition) is 2. The zero-order valence-corrected chi connectivity index (χ0v) is 14.7. The molecule has 2 aromatic carbocycles. The van der Waals surface area contributed by atoms with Gasteiger partial charge in [-0.1, -0.05) is 18.2 Å². The lowest BCUT2D eigenvalue weighted by Gasteiger charge is -2.19. The monoisotopic (exact) mass is 382 g/mol. The maximum atomic E-state index is 11.8. The lowest BCUT2D eigenvalue weighted by molar-refractivity contribution is -0.325. The molecule has 0 fully saturated rings. The van der Waals surface area contributed by atoms with Crippen LogP contribution in [0.1, 0.15) is 0 Å². The Hall–Kier alpha value is -3.20. The number of quaternary nitrogens is 1. The molecule has 0 atom stereocenters. The van der Waals surface area contributed by atoms with Crippen molar-refractivity contribution in [2.75, 3.05) is 5.43 Å². The second kappa shape index (κ2) is 6.20. The molecule has 136 valence electrons. The number of benzene rings is 3. The highest BCUT2D eigenvalue weighted by molar-refractivity contribution is 7.85. The van der Waals surface area contributed by atoms with Crippen molar-refractivity contribution in [3.8, 4) is 22.5 Å². The highest BCUT2D eigenvalue weighted by atomic mass is 32.2. The van der Waals surface area contributed by atoms with Crippen LogP contribution in [0.25, 0.3) is 33.4 Å². The number of fused-ring (bicyclic) bond motifs is 2. The summed E-state index contributed by atoms with van der Waals surface area (Å²) < 4.78 is 41.3. The summed E-state index contributed by atoms with van der Waals surface area (Å²) in [4.78, 5) is 11.5. The summed E-state index contributed by atoms with van der Waals surface area (Å²) in [6.07, 6.45) is 0. The summed E-state index contributed by atoms with van der Waals surface area (Å²) in [5.41, 5.74) is 4.92. The van der Waals surface area contributed by atoms with Crippen molar-refractivity contribution in [2.45, 2.75) is 4.90 Å². The first-order valence-corrected chi connectivity index (χ1v) is 9.38. The van der Waals surface area contributed by atoms with Crippen LogP contribution in [0.5, 0.6) is 0 Å². The minimum atomic E-state index is -4.70. The molecule has 0 amide bonds. The predicted octanol–water partition coefficient (Wildman–Crippen LogP) is 2.04. The van der Waals surface area contributed by atoms with Crippen molar-refractivity contribution in [1.29, 1.82) is 0 Å². The van der Waals surface area contributed by atoms with E-state index in [0.29, 0.717) is 33.5 Å². The lowest BCUT2D eigenvalue weighted by Crippen LogP contribution is -2.56. The minimum absolute atomic E-state index is 0.243. The van der Waals surface area contributed by atoms with Gasteiger partial charge in [-0.15, -0.1) is 0 Å². The molecular weight excluding hydrogens is 368 g/mol. The summed E-state index contributed by atoms with van der Waals surface area (Å²) in [7, 11) is -4.70. The van der Waals surface area contributed by atoms with Gasteiger partial charge in [0.25, 0.3) is 0 Å². The van der Waals surface area contributed by atoms with Gasteiger partial charge in [0, 0.05) is 34.2 Å². The Labute approximate surface area is 154 Å². The molecule has 8 heteroatoms. The molecule has 0 radical (unpaired) electrons. The molecule has 0 spiro atoms. The molecular formula is C19H14N2O5S. The van der Waals surface area contributed by atoms with Crippen LogP contribution in [-0.2, 0) is 10.1 Å². The van der Waals surface area contributed by atoms with Crippen LogP contribution in [0, 0.1) is 0 Å². The van der Waals surface area contributed by atoms with Crippen molar-refractivity contribution in [2.24, 2.45) is 0 Å². The van der Waals surface area contributed by atoms with E-state index in [-0.39, 0.29) is 15.9 Å². The lowest BCUT2D eigenvalue weighted by atomic mass is 9.93. The van der Waals surface area contributed by atoms with Gasteiger partial charge in [-0.05, 0) is 30.3 Å². The molecule has 0 bridgehead atoms. The van der Waals surface area contributed by atoms with Crippen molar-refractivity contribution in [3.63, 3.8) is 0 Å². The SMILES string of the molecule is [NH3+]Nc1ccc2c(-c3ccccc3S(=O)(=O)[O-])c3ccc(=O)cc-3oc2c1. The van der Waals surface area contributed by atoms with Crippen LogP contribution in [-0.4, -0.2) is 13.0 Å². The summed E-state index contributed by atoms with van der Waals surface area (Å²) in [5.74, 6) is 3.90. The normalized spacial score (nSPS) is 11.8. The van der Waals surface area contributed by atoms with Gasteiger partial charge in [-0.3, -0.25) is 10.6 Å². The molecule has 0 aromatic heterocycles. The van der Waals surface area contributed by atoms with Gasteiger partial charge < -0.3 is 8.97 Å². The van der Waals surface area contributed by atoms with Gasteiger partial charge in [-0.25, -0.2) is 13.8 Å². The van der Waals surface area contributed by atoms with E-state index in [0.717, 1.165) is 0 Å². The van der Waals surface area contributed by atoms with Crippen molar-refractivity contribution in [1.82, 2.24) is 0 Å². The topological polar surface area (TPSA) is 127 Å². The van der Waals surface area contributed by atoms with Crippen LogP contribution in [0.3, 0.4) is 0 Å². The molecule has 2 aromatic rings. The van der Waals surface area contributed by atoms with E-state index in [1.54, 1.807) is 36.4 Å². The van der Waals surface area contributed by atoms with Gasteiger partial charge >= 0.3 is 0 Å². The first-order chi connectivity index (χ1) is 12.9. The molecule has 1 aliphatic carbocycles. The molecule has 4 N–H and O–H groups in total. The first-order valence-electron chi connectivity index (χ1n) is 7.97. The summed E-state index contributed by atoms with van der Waals surface area (Å²) >= 11 is 0. The molecule has 4 rings (SSSR count). The van der Waals surface area contributed by atoms with Crippen molar-refractivity contribution < 1.29 is 23.2 Å². The smallest absolute Gasteiger partial charge is 0.182 e. The van der Waals surface area contributed by atoms with E-state index >= 15 is 0 Å². The van der Waals surface area contributed by atoms with E-state index in [1.165, 1.54) is 24.3 Å². The molecule has 27 heavy (non-hydrogen) atoms. The largest absolute Gasteiger partial charge is 0.744 e. The van der Waals surface area contributed by atoms with E-state index in [4.69, 9.17) is 4.42 Å². The average molecular weight is 382 g/mol. The van der Waals surface area contributed by atoms with E-state index < -0.39 is 10.1 Å². The quantitative estimate of drug-likeness (QED) is 0.317. The van der Waals surface area contributed by atoms with Gasteiger partial charge in [0.05, 0.1) is 10.6 Å². The van der Waals surface area contributed by atoms with E-state index in [2.05, 4.69) is 11.3 Å². The van der Waals surface area contributed by atoms with E-state index in [9.17, 15) is 17.8 Å². The third-order valence-corrected chi connectivity index (χ3v) is 5.22. The molecule has 2 aliphatic rings. The standard InChI is InChI=1S/C19H14N2O5S/c20-21-11-5-7-13-16(9-11)26-17-10-12(22)6-8-14(17)19(13)15-3-1-2-4-18(15)27(23,24)25/h1-10,21H,20H2,(H,23,24,25). The Morgan fingerprint density at radius 3 is 2.48 bits per heavy atom. The van der Waals surface area contributed by atoms with Gasteiger partial charge in [0.15, 0.2) is 5.43 Å². The Morgan fingerprint density at radius 2 is 1.74 bits per heavy atom. The van der Waals surface area contributed by atoms with E-state index in [1.807, 2.05) is 0 Å². The van der Waals surface area contributed by atoms with Gasteiger partial charge in [0.1, 0.15) is 21.5 Å². The molecule has 0 saturated heterocycles. The zero-order valence-electron chi connectivity index (χ0n) is 13.9. The fourth-order valence-electron chi connectivity index (χ4n) is 3.16. The minimum Gasteiger partial charge on any atom is -0.744 e. The maximum absolute atomic E-state index is 11.8. The molecule has 7 nitrogen and oxygen atoms in total. The second-order valence-electron chi connectivity index (χ2n) is 5.97. The number of nitrogens with one attached hydrogen (secondary N) is 1. The fourth-order valence-corrected chi connectivity index (χ4v) is 3.85. The van der Waals surface area contributed by atoms with Crippen LogP contribution in [0.4, 0.5) is 5.69 Å². The third-order valence-electron chi connectivity index (χ3n) is 4.32. The molecule has 1 heterocycles. The van der Waals surface area contributed by atoms with Crippen molar-refractivity contribution in [3.05, 3.63) is 70.9 Å². The third kappa shape index (κ3) is 2.95. The maximum Gasteiger partial charge on any atom is 0.182 e. The zero-order chi connectivity index (χ0) is 19.2. The van der Waals surface area contributed by atoms with Crippen LogP contribution < -0.4 is 16.7 Å². The molecule has 0 unspecified atom stereocenters. The van der Waals surface area contributed by atoms with Crippen molar-refractivity contribution >= 4 is 26.8 Å². The van der Waals surface area contributed by atoms with Crippen LogP contribution in [0.2, 0.25) is 0 Å². The van der Waals surface area contributed by atoms with Crippen LogP contribution >= 0.6 is 0 Å². The van der Waals surface area contributed by atoms with Gasteiger partial charge in [0.2, 0.25) is 0 Å². The second-order valence-corrected chi connectivity index (χ2v) is 7.32.